The number of nitrogens with two attached hydrogens (primary N) is 1. The lowest BCUT2D eigenvalue weighted by atomic mass is 10.0. The Bertz CT molecular complexity index is 549. The third kappa shape index (κ3) is 3.40. The molecule has 0 fully saturated rings. The van der Waals surface area contributed by atoms with Gasteiger partial charge < -0.3 is 10.6 Å². The van der Waals surface area contributed by atoms with E-state index in [1.807, 2.05) is 6.07 Å². The number of anilines is 1. The van der Waals surface area contributed by atoms with Crippen molar-refractivity contribution < 1.29 is 0 Å². The zero-order valence-electron chi connectivity index (χ0n) is 12.6. The number of likely N-dealkylation sites (N-methyl/N-ethyl adjacent to an activating group) is 1. The van der Waals surface area contributed by atoms with Crippen LogP contribution in [-0.2, 0) is 0 Å². The fraction of sp³-hybridized carbons (Fsp3) is 0.333. The van der Waals surface area contributed by atoms with E-state index in [0.717, 1.165) is 13.1 Å². The van der Waals surface area contributed by atoms with Crippen LogP contribution in [0.15, 0.2) is 48.5 Å². The van der Waals surface area contributed by atoms with E-state index in [1.54, 1.807) is 0 Å². The second kappa shape index (κ2) is 6.58. The van der Waals surface area contributed by atoms with Crippen LogP contribution in [-0.4, -0.2) is 13.1 Å². The normalized spacial score (nSPS) is 12.2. The van der Waals surface area contributed by atoms with Gasteiger partial charge in [0.1, 0.15) is 0 Å². The minimum atomic E-state index is 0.0365. The lowest BCUT2D eigenvalue weighted by Crippen LogP contribution is -2.32. The van der Waals surface area contributed by atoms with Crippen LogP contribution < -0.4 is 10.6 Å². The van der Waals surface area contributed by atoms with Crippen LogP contribution >= 0.6 is 0 Å². The van der Waals surface area contributed by atoms with Crippen molar-refractivity contribution in [2.75, 3.05) is 18.0 Å². The summed E-state index contributed by atoms with van der Waals surface area (Å²) in [6.07, 6.45) is 0. The van der Waals surface area contributed by atoms with Gasteiger partial charge in [-0.3, -0.25) is 0 Å². The number of hydrogen-bond acceptors (Lipinski definition) is 2. The van der Waals surface area contributed by atoms with Gasteiger partial charge in [0.05, 0.1) is 0 Å². The van der Waals surface area contributed by atoms with Crippen LogP contribution in [0.4, 0.5) is 5.69 Å². The zero-order chi connectivity index (χ0) is 14.5. The molecule has 2 aromatic carbocycles. The Morgan fingerprint density at radius 1 is 1.00 bits per heavy atom. The number of nitrogens with zero attached hydrogens (tertiary/aromatic N) is 1. The largest absolute Gasteiger partial charge is 0.370 e. The summed E-state index contributed by atoms with van der Waals surface area (Å²) in [6, 6.07) is 17.0. The molecule has 2 N–H and O–H groups in total. The van der Waals surface area contributed by atoms with Crippen molar-refractivity contribution >= 4 is 5.69 Å². The number of rotatable bonds is 5. The number of para-hydroxylation sites is 1. The Hall–Kier alpha value is -1.80. The summed E-state index contributed by atoms with van der Waals surface area (Å²) >= 11 is 0. The van der Waals surface area contributed by atoms with Gasteiger partial charge >= 0.3 is 0 Å². The highest BCUT2D eigenvalue weighted by molar-refractivity contribution is 5.46. The third-order valence-electron chi connectivity index (χ3n) is 3.88. The summed E-state index contributed by atoms with van der Waals surface area (Å²) in [4.78, 5) is 2.32. The predicted molar refractivity (Wildman–Crippen MR) is 87.2 cm³/mol. The average molecular weight is 268 g/mol. The lowest BCUT2D eigenvalue weighted by molar-refractivity contribution is 0.676. The van der Waals surface area contributed by atoms with E-state index in [-0.39, 0.29) is 6.04 Å². The van der Waals surface area contributed by atoms with Crippen LogP contribution in [0.2, 0.25) is 0 Å². The molecule has 0 bridgehead atoms. The lowest BCUT2D eigenvalue weighted by Gasteiger charge is -2.27. The molecule has 2 rings (SSSR count). The topological polar surface area (TPSA) is 29.3 Å². The third-order valence-corrected chi connectivity index (χ3v) is 3.88. The molecule has 0 spiro atoms. The van der Waals surface area contributed by atoms with Crippen molar-refractivity contribution in [3.05, 3.63) is 65.2 Å². The molecule has 0 heterocycles. The van der Waals surface area contributed by atoms with E-state index in [9.17, 15) is 0 Å². The summed E-state index contributed by atoms with van der Waals surface area (Å²) in [7, 11) is 0. The van der Waals surface area contributed by atoms with Crippen LogP contribution in [0.25, 0.3) is 0 Å². The fourth-order valence-electron chi connectivity index (χ4n) is 2.39. The van der Waals surface area contributed by atoms with E-state index in [1.165, 1.54) is 22.4 Å². The van der Waals surface area contributed by atoms with Crippen molar-refractivity contribution in [1.29, 1.82) is 0 Å². The van der Waals surface area contributed by atoms with Gasteiger partial charge in [0, 0.05) is 24.8 Å². The van der Waals surface area contributed by atoms with E-state index < -0.39 is 0 Å². The maximum atomic E-state index is 6.39. The number of aryl methyl sites for hydroxylation is 2. The monoisotopic (exact) mass is 268 g/mol. The van der Waals surface area contributed by atoms with Crippen LogP contribution in [0, 0.1) is 13.8 Å². The second-order valence-electron chi connectivity index (χ2n) is 5.32. The first kappa shape index (κ1) is 14.6. The molecule has 20 heavy (non-hydrogen) atoms. The molecule has 0 saturated heterocycles. The summed E-state index contributed by atoms with van der Waals surface area (Å²) in [5.74, 6) is 0. The van der Waals surface area contributed by atoms with Crippen molar-refractivity contribution in [3.63, 3.8) is 0 Å². The fourth-order valence-corrected chi connectivity index (χ4v) is 2.39. The average Bonchev–Trinajstić information content (AvgIpc) is 2.48. The Morgan fingerprint density at radius 2 is 1.70 bits per heavy atom. The number of hydrogen-bond donors (Lipinski definition) is 1. The molecule has 1 atom stereocenters. The first-order chi connectivity index (χ1) is 9.61. The molecule has 0 aliphatic carbocycles. The molecule has 2 aromatic rings. The quantitative estimate of drug-likeness (QED) is 0.893. The summed E-state index contributed by atoms with van der Waals surface area (Å²) in [5.41, 5.74) is 11.4. The van der Waals surface area contributed by atoms with Gasteiger partial charge in [0.15, 0.2) is 0 Å². The van der Waals surface area contributed by atoms with Crippen molar-refractivity contribution in [3.8, 4) is 0 Å². The highest BCUT2D eigenvalue weighted by atomic mass is 15.1. The Balaban J connectivity index is 2.13. The minimum absolute atomic E-state index is 0.0365. The Morgan fingerprint density at radius 3 is 2.30 bits per heavy atom. The van der Waals surface area contributed by atoms with Gasteiger partial charge in [-0.2, -0.15) is 0 Å². The van der Waals surface area contributed by atoms with Crippen molar-refractivity contribution in [1.82, 2.24) is 0 Å². The van der Waals surface area contributed by atoms with Crippen LogP contribution in [0.3, 0.4) is 0 Å². The Kier molecular flexibility index (Phi) is 4.80. The molecule has 106 valence electrons. The molecule has 2 heteroatoms. The molecular formula is C18H24N2. The summed E-state index contributed by atoms with van der Waals surface area (Å²) in [5, 5.41) is 0. The second-order valence-corrected chi connectivity index (χ2v) is 5.32. The Labute approximate surface area is 122 Å². The summed E-state index contributed by atoms with van der Waals surface area (Å²) in [6.45, 7) is 8.24. The molecule has 0 aromatic heterocycles. The van der Waals surface area contributed by atoms with Gasteiger partial charge in [-0.05, 0) is 49.6 Å². The maximum absolute atomic E-state index is 6.39. The SMILES string of the molecule is CCN(CC(N)c1ccc(C)c(C)c1)c1ccccc1. The van der Waals surface area contributed by atoms with Gasteiger partial charge in [0.2, 0.25) is 0 Å². The highest BCUT2D eigenvalue weighted by Crippen LogP contribution is 2.20. The molecule has 2 nitrogen and oxygen atoms in total. The first-order valence-corrected chi connectivity index (χ1v) is 7.24. The van der Waals surface area contributed by atoms with Crippen molar-refractivity contribution in [2.24, 2.45) is 5.73 Å². The standard InChI is InChI=1S/C18H24N2/c1-4-20(17-8-6-5-7-9-17)13-18(19)16-11-10-14(2)15(3)12-16/h5-12,18H,4,13,19H2,1-3H3. The van der Waals surface area contributed by atoms with E-state index in [0.29, 0.717) is 0 Å². The van der Waals surface area contributed by atoms with Gasteiger partial charge in [-0.1, -0.05) is 36.4 Å². The summed E-state index contributed by atoms with van der Waals surface area (Å²) < 4.78 is 0. The molecule has 0 saturated carbocycles. The maximum Gasteiger partial charge on any atom is 0.0473 e. The van der Waals surface area contributed by atoms with E-state index >= 15 is 0 Å². The van der Waals surface area contributed by atoms with E-state index in [2.05, 4.69) is 68.1 Å². The zero-order valence-corrected chi connectivity index (χ0v) is 12.6. The van der Waals surface area contributed by atoms with Gasteiger partial charge in [0.25, 0.3) is 0 Å². The molecular weight excluding hydrogens is 244 g/mol. The van der Waals surface area contributed by atoms with Gasteiger partial charge in [-0.25, -0.2) is 0 Å². The van der Waals surface area contributed by atoms with Crippen LogP contribution in [0.5, 0.6) is 0 Å². The van der Waals surface area contributed by atoms with Crippen LogP contribution in [0.1, 0.15) is 29.7 Å². The molecule has 1 unspecified atom stereocenters. The molecule has 0 radical (unpaired) electrons. The van der Waals surface area contributed by atoms with E-state index in [4.69, 9.17) is 5.73 Å². The highest BCUT2D eigenvalue weighted by Gasteiger charge is 2.12. The van der Waals surface area contributed by atoms with Crippen molar-refractivity contribution in [2.45, 2.75) is 26.8 Å². The molecule has 0 aliphatic rings. The smallest absolute Gasteiger partial charge is 0.0473 e. The predicted octanol–water partition coefficient (Wildman–Crippen LogP) is 3.83. The number of benzene rings is 2. The van der Waals surface area contributed by atoms with Gasteiger partial charge in [-0.15, -0.1) is 0 Å². The molecule has 0 aliphatic heterocycles. The molecule has 0 amide bonds. The first-order valence-electron chi connectivity index (χ1n) is 7.24. The minimum Gasteiger partial charge on any atom is -0.370 e.